The maximum atomic E-state index is 10.2. The first-order valence-corrected chi connectivity index (χ1v) is 6.37. The Hall–Kier alpha value is -0.860. The highest BCUT2D eigenvalue weighted by Crippen LogP contribution is 2.39. The van der Waals surface area contributed by atoms with Gasteiger partial charge in [-0.2, -0.15) is 0 Å². The fourth-order valence-corrected chi connectivity index (χ4v) is 3.04. The van der Waals surface area contributed by atoms with Gasteiger partial charge in [0.1, 0.15) is 0 Å². The predicted octanol–water partition coefficient (Wildman–Crippen LogP) is 3.73. The minimum atomic E-state index is -0.264. The summed E-state index contributed by atoms with van der Waals surface area (Å²) in [5.41, 5.74) is 1.12. The molecule has 1 aliphatic carbocycles. The second-order valence-corrected chi connectivity index (χ2v) is 5.30. The lowest BCUT2D eigenvalue weighted by Gasteiger charge is -2.11. The fourth-order valence-electron chi connectivity index (χ4n) is 2.07. The highest BCUT2D eigenvalue weighted by molar-refractivity contribution is 7.17. The van der Waals surface area contributed by atoms with Crippen LogP contribution in [0.1, 0.15) is 30.9 Å². The minimum Gasteiger partial charge on any atom is -0.388 e. The summed E-state index contributed by atoms with van der Waals surface area (Å²) in [6.07, 6.45) is 3.28. The van der Waals surface area contributed by atoms with E-state index in [1.54, 1.807) is 11.3 Å². The van der Waals surface area contributed by atoms with E-state index in [4.69, 9.17) is 0 Å². The molecule has 0 aliphatic heterocycles. The van der Waals surface area contributed by atoms with E-state index in [1.165, 1.54) is 22.9 Å². The molecule has 0 amide bonds. The lowest BCUT2D eigenvalue weighted by molar-refractivity contribution is 0.162. The Morgan fingerprint density at radius 3 is 3.00 bits per heavy atom. The molecule has 0 radical (unpaired) electrons. The van der Waals surface area contributed by atoms with Crippen LogP contribution in [0.15, 0.2) is 29.6 Å². The molecule has 2 heteroatoms. The highest BCUT2D eigenvalue weighted by atomic mass is 32.1. The van der Waals surface area contributed by atoms with Crippen LogP contribution < -0.4 is 0 Å². The van der Waals surface area contributed by atoms with Gasteiger partial charge in [0, 0.05) is 4.70 Å². The molecule has 1 atom stereocenters. The zero-order chi connectivity index (χ0) is 10.3. The van der Waals surface area contributed by atoms with Crippen LogP contribution >= 0.6 is 11.3 Å². The standard InChI is InChI=1S/C13H14OS/c14-12(8-9-4-5-9)11-3-1-2-10-6-7-15-13(10)11/h1-3,6-7,9,12,14H,4-5,8H2. The lowest BCUT2D eigenvalue weighted by Crippen LogP contribution is -1.98. The third kappa shape index (κ3) is 1.80. The van der Waals surface area contributed by atoms with Crippen molar-refractivity contribution in [3.63, 3.8) is 0 Å². The Morgan fingerprint density at radius 1 is 1.33 bits per heavy atom. The van der Waals surface area contributed by atoms with Gasteiger partial charge in [-0.3, -0.25) is 0 Å². The molecular formula is C13H14OS. The molecule has 1 fully saturated rings. The number of aliphatic hydroxyl groups is 1. The molecule has 0 spiro atoms. The molecule has 1 heterocycles. The molecule has 1 N–H and O–H groups in total. The van der Waals surface area contributed by atoms with Gasteiger partial charge < -0.3 is 5.11 Å². The van der Waals surface area contributed by atoms with Crippen molar-refractivity contribution in [1.29, 1.82) is 0 Å². The first kappa shape index (κ1) is 9.37. The van der Waals surface area contributed by atoms with Gasteiger partial charge in [-0.25, -0.2) is 0 Å². The number of aliphatic hydroxyl groups excluding tert-OH is 1. The van der Waals surface area contributed by atoms with Gasteiger partial charge in [0.05, 0.1) is 6.10 Å². The SMILES string of the molecule is OC(CC1CC1)c1cccc2ccsc12. The molecule has 78 valence electrons. The normalized spacial score (nSPS) is 18.2. The lowest BCUT2D eigenvalue weighted by atomic mass is 10.0. The Labute approximate surface area is 93.4 Å². The summed E-state index contributed by atoms with van der Waals surface area (Å²) >= 11 is 1.73. The van der Waals surface area contributed by atoms with Gasteiger partial charge in [-0.05, 0) is 34.7 Å². The van der Waals surface area contributed by atoms with Crippen molar-refractivity contribution in [2.75, 3.05) is 0 Å². The van der Waals surface area contributed by atoms with Crippen molar-refractivity contribution >= 4 is 21.4 Å². The van der Waals surface area contributed by atoms with Crippen molar-refractivity contribution in [2.45, 2.75) is 25.4 Å². The number of fused-ring (bicyclic) bond motifs is 1. The van der Waals surface area contributed by atoms with Crippen LogP contribution in [0.2, 0.25) is 0 Å². The van der Waals surface area contributed by atoms with Gasteiger partial charge in [0.25, 0.3) is 0 Å². The average Bonchev–Trinajstić information content (AvgIpc) is 2.93. The summed E-state index contributed by atoms with van der Waals surface area (Å²) in [6, 6.07) is 8.33. The Bertz CT molecular complexity index is 470. The second-order valence-electron chi connectivity index (χ2n) is 4.38. The summed E-state index contributed by atoms with van der Waals surface area (Å²) < 4.78 is 1.26. The van der Waals surface area contributed by atoms with Crippen LogP contribution in [0.5, 0.6) is 0 Å². The molecule has 0 bridgehead atoms. The van der Waals surface area contributed by atoms with Crippen molar-refractivity contribution < 1.29 is 5.11 Å². The van der Waals surface area contributed by atoms with Gasteiger partial charge in [-0.15, -0.1) is 11.3 Å². The molecule has 0 saturated heterocycles. The summed E-state index contributed by atoms with van der Waals surface area (Å²) in [6.45, 7) is 0. The summed E-state index contributed by atoms with van der Waals surface area (Å²) in [5, 5.41) is 13.5. The molecule has 1 unspecified atom stereocenters. The van der Waals surface area contributed by atoms with Crippen molar-refractivity contribution in [1.82, 2.24) is 0 Å². The zero-order valence-electron chi connectivity index (χ0n) is 8.52. The highest BCUT2D eigenvalue weighted by Gasteiger charge is 2.25. The third-order valence-corrected chi connectivity index (χ3v) is 4.10. The van der Waals surface area contributed by atoms with Crippen LogP contribution in [0.4, 0.5) is 0 Å². The summed E-state index contributed by atoms with van der Waals surface area (Å²) in [4.78, 5) is 0. The van der Waals surface area contributed by atoms with Crippen LogP contribution in [0, 0.1) is 5.92 Å². The molecule has 1 saturated carbocycles. The first-order valence-electron chi connectivity index (χ1n) is 5.49. The number of hydrogen-bond acceptors (Lipinski definition) is 2. The number of hydrogen-bond donors (Lipinski definition) is 1. The quantitative estimate of drug-likeness (QED) is 0.832. The largest absolute Gasteiger partial charge is 0.388 e. The molecule has 1 aromatic heterocycles. The summed E-state index contributed by atoms with van der Waals surface area (Å²) in [7, 11) is 0. The topological polar surface area (TPSA) is 20.2 Å². The average molecular weight is 218 g/mol. The number of rotatable bonds is 3. The Morgan fingerprint density at radius 2 is 2.20 bits per heavy atom. The van der Waals surface area contributed by atoms with Crippen molar-refractivity contribution in [2.24, 2.45) is 5.92 Å². The first-order chi connectivity index (χ1) is 7.34. The molecule has 15 heavy (non-hydrogen) atoms. The molecular weight excluding hydrogens is 204 g/mol. The van der Waals surface area contributed by atoms with Crippen LogP contribution in [-0.2, 0) is 0 Å². The molecule has 1 aliphatic rings. The molecule has 1 nitrogen and oxygen atoms in total. The maximum absolute atomic E-state index is 10.2. The molecule has 3 rings (SSSR count). The van der Waals surface area contributed by atoms with Crippen LogP contribution in [-0.4, -0.2) is 5.11 Å². The number of thiophene rings is 1. The van der Waals surface area contributed by atoms with Crippen molar-refractivity contribution in [3.8, 4) is 0 Å². The van der Waals surface area contributed by atoms with E-state index < -0.39 is 0 Å². The molecule has 1 aromatic carbocycles. The van der Waals surface area contributed by atoms with E-state index in [1.807, 2.05) is 6.07 Å². The predicted molar refractivity (Wildman–Crippen MR) is 64.1 cm³/mol. The molecule has 2 aromatic rings. The van der Waals surface area contributed by atoms with Crippen molar-refractivity contribution in [3.05, 3.63) is 35.2 Å². The number of benzene rings is 1. The van der Waals surface area contributed by atoms with E-state index in [0.717, 1.165) is 17.9 Å². The van der Waals surface area contributed by atoms with E-state index in [0.29, 0.717) is 0 Å². The monoisotopic (exact) mass is 218 g/mol. The van der Waals surface area contributed by atoms with Gasteiger partial charge in [0.2, 0.25) is 0 Å². The van der Waals surface area contributed by atoms with E-state index in [9.17, 15) is 5.11 Å². The van der Waals surface area contributed by atoms with Gasteiger partial charge in [0.15, 0.2) is 0 Å². The zero-order valence-corrected chi connectivity index (χ0v) is 9.33. The minimum absolute atomic E-state index is 0.264. The van der Waals surface area contributed by atoms with E-state index in [-0.39, 0.29) is 6.10 Å². The van der Waals surface area contributed by atoms with Crippen LogP contribution in [0.25, 0.3) is 10.1 Å². The van der Waals surface area contributed by atoms with E-state index in [2.05, 4.69) is 23.6 Å². The van der Waals surface area contributed by atoms with Crippen LogP contribution in [0.3, 0.4) is 0 Å². The second kappa shape index (κ2) is 3.62. The Balaban J connectivity index is 1.97. The van der Waals surface area contributed by atoms with Gasteiger partial charge in [-0.1, -0.05) is 31.0 Å². The smallest absolute Gasteiger partial charge is 0.0806 e. The Kier molecular flexibility index (Phi) is 2.26. The maximum Gasteiger partial charge on any atom is 0.0806 e. The van der Waals surface area contributed by atoms with E-state index >= 15 is 0 Å². The third-order valence-electron chi connectivity index (χ3n) is 3.12. The van der Waals surface area contributed by atoms with Gasteiger partial charge >= 0.3 is 0 Å². The fraction of sp³-hybridized carbons (Fsp3) is 0.385. The summed E-state index contributed by atoms with van der Waals surface area (Å²) in [5.74, 6) is 0.773.